The quantitative estimate of drug-likeness (QED) is 0.547. The maximum atomic E-state index is 5.78. The number of nitrogens with zero attached hydrogens (tertiary/aromatic N) is 2. The number of methoxy groups -OCH3 is 3. The fourth-order valence-corrected chi connectivity index (χ4v) is 4.48. The van der Waals surface area contributed by atoms with Crippen molar-refractivity contribution in [3.05, 3.63) is 54.1 Å². The maximum absolute atomic E-state index is 5.78. The van der Waals surface area contributed by atoms with Gasteiger partial charge >= 0.3 is 0 Å². The summed E-state index contributed by atoms with van der Waals surface area (Å²) < 4.78 is 16.3. The second-order valence-corrected chi connectivity index (χ2v) is 8.40. The van der Waals surface area contributed by atoms with E-state index in [0.29, 0.717) is 5.75 Å². The lowest BCUT2D eigenvalue weighted by Crippen LogP contribution is -2.46. The number of piperazine rings is 1. The molecule has 7 nitrogen and oxygen atoms in total. The van der Waals surface area contributed by atoms with Crippen LogP contribution in [0.15, 0.2) is 48.5 Å². The molecule has 2 aliphatic rings. The van der Waals surface area contributed by atoms with Gasteiger partial charge in [-0.2, -0.15) is 0 Å². The van der Waals surface area contributed by atoms with E-state index in [0.717, 1.165) is 68.3 Å². The van der Waals surface area contributed by atoms with Crippen LogP contribution in [0.4, 0.5) is 5.69 Å². The van der Waals surface area contributed by atoms with E-state index in [1.165, 1.54) is 12.1 Å². The molecule has 0 aromatic heterocycles. The van der Waals surface area contributed by atoms with Gasteiger partial charge in [0.05, 0.1) is 32.7 Å². The first kappa shape index (κ1) is 23.3. The summed E-state index contributed by atoms with van der Waals surface area (Å²) in [4.78, 5) is 10.8. The van der Waals surface area contributed by atoms with Crippen LogP contribution in [0.2, 0.25) is 0 Å². The van der Waals surface area contributed by atoms with Gasteiger partial charge in [0.1, 0.15) is 11.9 Å². The van der Waals surface area contributed by atoms with Crippen molar-refractivity contribution in [1.29, 1.82) is 0 Å². The molecular formula is C26H35N3O4. The third-order valence-electron chi connectivity index (χ3n) is 6.38. The molecule has 33 heavy (non-hydrogen) atoms. The Bertz CT molecular complexity index is 941. The molecule has 1 N–H and O–H groups in total. The van der Waals surface area contributed by atoms with Gasteiger partial charge in [0, 0.05) is 31.7 Å². The zero-order valence-electron chi connectivity index (χ0n) is 19.9. The van der Waals surface area contributed by atoms with E-state index in [1.807, 2.05) is 30.3 Å². The molecular weight excluding hydrogens is 418 g/mol. The van der Waals surface area contributed by atoms with Crippen LogP contribution in [0.1, 0.15) is 24.8 Å². The minimum Gasteiger partial charge on any atom is -0.495 e. The van der Waals surface area contributed by atoms with Crippen molar-refractivity contribution in [3.63, 3.8) is 0 Å². The van der Waals surface area contributed by atoms with Gasteiger partial charge in [0.25, 0.3) is 0 Å². The highest BCUT2D eigenvalue weighted by atomic mass is 16.7. The number of anilines is 1. The normalized spacial score (nSPS) is 18.6. The van der Waals surface area contributed by atoms with Crippen LogP contribution in [0, 0.1) is 0 Å². The summed E-state index contributed by atoms with van der Waals surface area (Å²) in [5.41, 5.74) is 6.28. The Morgan fingerprint density at radius 3 is 2.39 bits per heavy atom. The Kier molecular flexibility index (Phi) is 7.96. The highest BCUT2D eigenvalue weighted by Gasteiger charge is 2.21. The molecule has 0 radical (unpaired) electrons. The molecule has 0 amide bonds. The fraction of sp³-hybridized carbons (Fsp3) is 0.462. The molecule has 2 aliphatic heterocycles. The first-order chi connectivity index (χ1) is 16.2. The lowest BCUT2D eigenvalue weighted by atomic mass is 10.1. The number of nitrogens with one attached hydrogen (secondary N) is 1. The van der Waals surface area contributed by atoms with Crippen molar-refractivity contribution < 1.29 is 19.0 Å². The number of ether oxygens (including phenoxy) is 3. The van der Waals surface area contributed by atoms with E-state index in [-0.39, 0.29) is 6.10 Å². The molecule has 1 fully saturated rings. The first-order valence-electron chi connectivity index (χ1n) is 11.7. The van der Waals surface area contributed by atoms with Gasteiger partial charge in [-0.1, -0.05) is 12.1 Å². The summed E-state index contributed by atoms with van der Waals surface area (Å²) in [5.74, 6) is 2.39. The zero-order chi connectivity index (χ0) is 23.0. The van der Waals surface area contributed by atoms with E-state index in [2.05, 4.69) is 33.5 Å². The Morgan fingerprint density at radius 2 is 1.64 bits per heavy atom. The molecule has 2 heterocycles. The van der Waals surface area contributed by atoms with Crippen molar-refractivity contribution in [2.75, 3.05) is 59.0 Å². The van der Waals surface area contributed by atoms with Crippen LogP contribution in [-0.2, 0) is 4.84 Å². The number of benzene rings is 2. The van der Waals surface area contributed by atoms with E-state index in [9.17, 15) is 0 Å². The predicted molar refractivity (Wildman–Crippen MR) is 131 cm³/mol. The van der Waals surface area contributed by atoms with Crippen LogP contribution in [0.3, 0.4) is 0 Å². The molecule has 0 aliphatic carbocycles. The smallest absolute Gasteiger partial charge is 0.161 e. The molecule has 1 atom stereocenters. The fourth-order valence-electron chi connectivity index (χ4n) is 4.48. The van der Waals surface area contributed by atoms with Crippen LogP contribution in [0.25, 0.3) is 5.70 Å². The molecule has 1 unspecified atom stereocenters. The second kappa shape index (κ2) is 11.3. The Hall–Kier alpha value is -2.90. The van der Waals surface area contributed by atoms with E-state index < -0.39 is 0 Å². The molecule has 178 valence electrons. The van der Waals surface area contributed by atoms with Gasteiger partial charge in [0.2, 0.25) is 0 Å². The summed E-state index contributed by atoms with van der Waals surface area (Å²) in [7, 11) is 5.03. The van der Waals surface area contributed by atoms with Crippen molar-refractivity contribution in [2.45, 2.75) is 25.4 Å². The third-order valence-corrected chi connectivity index (χ3v) is 6.38. The monoisotopic (exact) mass is 453 g/mol. The van der Waals surface area contributed by atoms with Crippen LogP contribution >= 0.6 is 0 Å². The number of hydroxylamine groups is 1. The predicted octanol–water partition coefficient (Wildman–Crippen LogP) is 3.95. The highest BCUT2D eigenvalue weighted by molar-refractivity contribution is 5.67. The van der Waals surface area contributed by atoms with Crippen molar-refractivity contribution >= 4 is 11.4 Å². The molecule has 1 saturated heterocycles. The molecule has 4 rings (SSSR count). The minimum atomic E-state index is 0.0930. The van der Waals surface area contributed by atoms with E-state index in [1.54, 1.807) is 21.3 Å². The van der Waals surface area contributed by atoms with Crippen LogP contribution in [-0.4, -0.2) is 65.1 Å². The molecule has 2 aromatic rings. The topological polar surface area (TPSA) is 55.4 Å². The lowest BCUT2D eigenvalue weighted by Gasteiger charge is -2.36. The molecule has 0 saturated carbocycles. The van der Waals surface area contributed by atoms with Gasteiger partial charge in [-0.25, -0.2) is 0 Å². The van der Waals surface area contributed by atoms with Gasteiger partial charge < -0.3 is 19.1 Å². The van der Waals surface area contributed by atoms with E-state index >= 15 is 0 Å². The summed E-state index contributed by atoms with van der Waals surface area (Å²) in [6, 6.07) is 14.2. The highest BCUT2D eigenvalue weighted by Crippen LogP contribution is 2.31. The average Bonchev–Trinajstić information content (AvgIpc) is 3.35. The van der Waals surface area contributed by atoms with Crippen molar-refractivity contribution in [2.24, 2.45) is 0 Å². The summed E-state index contributed by atoms with van der Waals surface area (Å²) in [6.45, 7) is 5.37. The largest absolute Gasteiger partial charge is 0.495 e. The van der Waals surface area contributed by atoms with Crippen LogP contribution < -0.4 is 24.6 Å². The number of rotatable bonds is 10. The third kappa shape index (κ3) is 5.72. The second-order valence-electron chi connectivity index (χ2n) is 8.40. The van der Waals surface area contributed by atoms with Crippen molar-refractivity contribution in [3.8, 4) is 17.2 Å². The molecule has 2 aromatic carbocycles. The minimum absolute atomic E-state index is 0.0930. The molecule has 0 spiro atoms. The number of hydrogen-bond donors (Lipinski definition) is 1. The van der Waals surface area contributed by atoms with Gasteiger partial charge in [-0.05, 0) is 62.2 Å². The molecule has 7 heteroatoms. The van der Waals surface area contributed by atoms with Gasteiger partial charge in [-0.3, -0.25) is 15.2 Å². The summed E-state index contributed by atoms with van der Waals surface area (Å²) in [5, 5.41) is 0. The SMILES string of the molecule is COc1ccc(C2=CC(CCCCN3CCN(c4ccccc4OC)CC3)ON2)cc1OC. The van der Waals surface area contributed by atoms with Gasteiger partial charge in [-0.15, -0.1) is 0 Å². The summed E-state index contributed by atoms with van der Waals surface area (Å²) >= 11 is 0. The van der Waals surface area contributed by atoms with Crippen LogP contribution in [0.5, 0.6) is 17.2 Å². The Morgan fingerprint density at radius 1 is 0.879 bits per heavy atom. The van der Waals surface area contributed by atoms with Gasteiger partial charge in [0.15, 0.2) is 11.5 Å². The molecule has 0 bridgehead atoms. The summed E-state index contributed by atoms with van der Waals surface area (Å²) in [6.07, 6.45) is 5.57. The first-order valence-corrected chi connectivity index (χ1v) is 11.7. The Balaban J connectivity index is 1.19. The lowest BCUT2D eigenvalue weighted by molar-refractivity contribution is 0.0449. The number of hydrogen-bond acceptors (Lipinski definition) is 7. The standard InChI is InChI=1S/C26H35N3O4/c1-30-24-10-5-4-9-23(24)29-16-14-28(15-17-29)13-7-6-8-21-19-22(27-33-21)20-11-12-25(31-2)26(18-20)32-3/h4-5,9-12,18-19,21,27H,6-8,13-17H2,1-3H3. The maximum Gasteiger partial charge on any atom is 0.161 e. The van der Waals surface area contributed by atoms with E-state index in [4.69, 9.17) is 19.0 Å². The van der Waals surface area contributed by atoms with Crippen molar-refractivity contribution in [1.82, 2.24) is 10.4 Å². The zero-order valence-corrected chi connectivity index (χ0v) is 19.9. The Labute approximate surface area is 196 Å². The number of unbranched alkanes of at least 4 members (excludes halogenated alkanes) is 1. The number of para-hydroxylation sites is 2. The average molecular weight is 454 g/mol.